The number of aromatic nitrogens is 1. The zero-order chi connectivity index (χ0) is 22.0. The monoisotopic (exact) mass is 463 g/mol. The van der Waals surface area contributed by atoms with Crippen molar-refractivity contribution in [2.24, 2.45) is 5.73 Å². The van der Waals surface area contributed by atoms with Gasteiger partial charge in [-0.3, -0.25) is 4.79 Å². The Hall–Kier alpha value is -3.26. The van der Waals surface area contributed by atoms with Crippen molar-refractivity contribution >= 4 is 24.0 Å². The van der Waals surface area contributed by atoms with E-state index >= 15 is 0 Å². The molecule has 32 heavy (non-hydrogen) atoms. The van der Waals surface area contributed by atoms with Crippen LogP contribution >= 0.6 is 12.4 Å². The summed E-state index contributed by atoms with van der Waals surface area (Å²) in [5.74, 6) is -0.393. The molecule has 5 nitrogen and oxygen atoms in total. The quantitative estimate of drug-likeness (QED) is 0.581. The van der Waals surface area contributed by atoms with Crippen molar-refractivity contribution in [2.45, 2.75) is 18.7 Å². The van der Waals surface area contributed by atoms with E-state index in [-0.39, 0.29) is 24.4 Å². The van der Waals surface area contributed by atoms with Gasteiger partial charge in [-0.25, -0.2) is 4.98 Å². The highest BCUT2D eigenvalue weighted by Crippen LogP contribution is 2.32. The largest absolute Gasteiger partial charge is 0.472 e. The maximum Gasteiger partial charge on any atom is 0.417 e. The van der Waals surface area contributed by atoms with Gasteiger partial charge in [0.15, 0.2) is 0 Å². The van der Waals surface area contributed by atoms with Crippen LogP contribution in [0.15, 0.2) is 66.9 Å². The standard InChI is InChI=1S/C23H20F3N3O2.ClH/c24-23(25,26)17-7-9-21(28-13-17)31-18-10-11-29(14-18)20-8-6-16(12-19(20)22(27)30)15-4-2-1-3-5-15;/h1-9,12-13,18H,10-11,14H2,(H2,27,30);1H. The Morgan fingerprint density at radius 1 is 1.06 bits per heavy atom. The Kier molecular flexibility index (Phi) is 6.93. The lowest BCUT2D eigenvalue weighted by Gasteiger charge is -2.22. The van der Waals surface area contributed by atoms with Crippen LogP contribution in [0.2, 0.25) is 0 Å². The number of primary amides is 1. The van der Waals surface area contributed by atoms with Gasteiger partial charge in [-0.05, 0) is 29.3 Å². The van der Waals surface area contributed by atoms with E-state index in [1.807, 2.05) is 47.4 Å². The van der Waals surface area contributed by atoms with Gasteiger partial charge in [0.05, 0.1) is 17.7 Å². The number of nitrogens with zero attached hydrogens (tertiary/aromatic N) is 2. The molecule has 9 heteroatoms. The Bertz CT molecular complexity index is 1080. The van der Waals surface area contributed by atoms with Crippen molar-refractivity contribution in [2.75, 3.05) is 18.0 Å². The highest BCUT2D eigenvalue weighted by atomic mass is 35.5. The van der Waals surface area contributed by atoms with E-state index in [0.29, 0.717) is 30.8 Å². The van der Waals surface area contributed by atoms with E-state index in [4.69, 9.17) is 10.5 Å². The summed E-state index contributed by atoms with van der Waals surface area (Å²) < 4.78 is 43.8. The van der Waals surface area contributed by atoms with E-state index in [1.54, 1.807) is 6.07 Å². The molecule has 0 aliphatic carbocycles. The minimum Gasteiger partial charge on any atom is -0.472 e. The third-order valence-corrected chi connectivity index (χ3v) is 5.21. The number of pyridine rings is 1. The lowest BCUT2D eigenvalue weighted by atomic mass is 10.0. The molecule has 1 aliphatic rings. The highest BCUT2D eigenvalue weighted by molar-refractivity contribution is 6.00. The zero-order valence-electron chi connectivity index (χ0n) is 16.9. The van der Waals surface area contributed by atoms with Crippen LogP contribution in [0.1, 0.15) is 22.3 Å². The molecular weight excluding hydrogens is 443 g/mol. The van der Waals surface area contributed by atoms with Gasteiger partial charge in [0.25, 0.3) is 5.91 Å². The molecule has 2 heterocycles. The predicted octanol–water partition coefficient (Wildman–Crippen LogP) is 4.95. The van der Waals surface area contributed by atoms with E-state index in [9.17, 15) is 18.0 Å². The number of hydrogen-bond donors (Lipinski definition) is 1. The molecule has 168 valence electrons. The van der Waals surface area contributed by atoms with Crippen LogP contribution in [0.4, 0.5) is 18.9 Å². The molecule has 1 atom stereocenters. The molecule has 3 aromatic rings. The Morgan fingerprint density at radius 3 is 2.44 bits per heavy atom. The average Bonchev–Trinajstić information content (AvgIpc) is 3.22. The second-order valence-corrected chi connectivity index (χ2v) is 7.32. The Labute approximate surface area is 189 Å². The maximum absolute atomic E-state index is 12.7. The van der Waals surface area contributed by atoms with Gasteiger partial charge in [0.1, 0.15) is 6.10 Å². The van der Waals surface area contributed by atoms with Crippen LogP contribution in [-0.2, 0) is 6.18 Å². The molecule has 0 spiro atoms. The summed E-state index contributed by atoms with van der Waals surface area (Å²) in [4.78, 5) is 17.9. The molecule has 2 aromatic carbocycles. The van der Waals surface area contributed by atoms with Crippen LogP contribution in [0, 0.1) is 0 Å². The lowest BCUT2D eigenvalue weighted by Crippen LogP contribution is -2.27. The molecule has 1 saturated heterocycles. The first-order valence-corrected chi connectivity index (χ1v) is 9.75. The highest BCUT2D eigenvalue weighted by Gasteiger charge is 2.31. The summed E-state index contributed by atoms with van der Waals surface area (Å²) in [5, 5.41) is 0. The first kappa shape index (κ1) is 23.4. The van der Waals surface area contributed by atoms with Crippen LogP contribution in [-0.4, -0.2) is 30.1 Å². The summed E-state index contributed by atoms with van der Waals surface area (Å²) in [7, 11) is 0. The molecule has 1 unspecified atom stereocenters. The average molecular weight is 464 g/mol. The van der Waals surface area contributed by atoms with Crippen molar-refractivity contribution in [1.82, 2.24) is 4.98 Å². The molecule has 2 N–H and O–H groups in total. The molecule has 0 bridgehead atoms. The van der Waals surface area contributed by atoms with Gasteiger partial charge >= 0.3 is 6.18 Å². The number of carbonyl (C=O) groups is 1. The first-order valence-electron chi connectivity index (χ1n) is 9.75. The number of alkyl halides is 3. The molecule has 1 aromatic heterocycles. The van der Waals surface area contributed by atoms with E-state index < -0.39 is 17.6 Å². The number of carbonyl (C=O) groups excluding carboxylic acids is 1. The van der Waals surface area contributed by atoms with Crippen molar-refractivity contribution in [3.8, 4) is 17.0 Å². The van der Waals surface area contributed by atoms with Gasteiger partial charge in [0, 0.05) is 30.9 Å². The molecule has 1 fully saturated rings. The zero-order valence-corrected chi connectivity index (χ0v) is 17.7. The predicted molar refractivity (Wildman–Crippen MR) is 118 cm³/mol. The maximum atomic E-state index is 12.7. The van der Waals surface area contributed by atoms with E-state index in [2.05, 4.69) is 4.98 Å². The number of anilines is 1. The fourth-order valence-electron chi connectivity index (χ4n) is 3.65. The summed E-state index contributed by atoms with van der Waals surface area (Å²) in [5.41, 5.74) is 7.80. The topological polar surface area (TPSA) is 68.5 Å². The Morgan fingerprint density at radius 2 is 1.81 bits per heavy atom. The van der Waals surface area contributed by atoms with E-state index in [1.165, 1.54) is 6.07 Å². The number of rotatable bonds is 5. The van der Waals surface area contributed by atoms with Crippen molar-refractivity contribution < 1.29 is 22.7 Å². The normalized spacial score (nSPS) is 15.8. The fraction of sp³-hybridized carbons (Fsp3) is 0.217. The number of hydrogen-bond acceptors (Lipinski definition) is 4. The van der Waals surface area contributed by atoms with Crippen LogP contribution < -0.4 is 15.4 Å². The lowest BCUT2D eigenvalue weighted by molar-refractivity contribution is -0.137. The van der Waals surface area contributed by atoms with Gasteiger partial charge < -0.3 is 15.4 Å². The number of ether oxygens (including phenoxy) is 1. The number of nitrogens with two attached hydrogens (primary N) is 1. The second-order valence-electron chi connectivity index (χ2n) is 7.32. The van der Waals surface area contributed by atoms with Crippen LogP contribution in [0.5, 0.6) is 5.88 Å². The molecule has 4 rings (SSSR count). The van der Waals surface area contributed by atoms with Gasteiger partial charge in [0.2, 0.25) is 5.88 Å². The smallest absolute Gasteiger partial charge is 0.417 e. The number of halogens is 4. The Balaban J connectivity index is 0.00000289. The summed E-state index contributed by atoms with van der Waals surface area (Å²) in [6.07, 6.45) is -3.30. The van der Waals surface area contributed by atoms with Crippen molar-refractivity contribution in [3.63, 3.8) is 0 Å². The molecule has 1 aliphatic heterocycles. The van der Waals surface area contributed by atoms with Crippen molar-refractivity contribution in [1.29, 1.82) is 0 Å². The summed E-state index contributed by atoms with van der Waals surface area (Å²) in [6.45, 7) is 1.09. The minimum atomic E-state index is -4.44. The fourth-order valence-corrected chi connectivity index (χ4v) is 3.65. The van der Waals surface area contributed by atoms with Crippen molar-refractivity contribution in [3.05, 3.63) is 78.0 Å². The minimum absolute atomic E-state index is 0. The third-order valence-electron chi connectivity index (χ3n) is 5.21. The summed E-state index contributed by atoms with van der Waals surface area (Å²) in [6, 6.07) is 17.4. The molecule has 1 amide bonds. The SMILES string of the molecule is Cl.NC(=O)c1cc(-c2ccccc2)ccc1N1CCC(Oc2ccc(C(F)(F)F)cn2)C1. The van der Waals surface area contributed by atoms with Gasteiger partial charge in [-0.1, -0.05) is 36.4 Å². The van der Waals surface area contributed by atoms with Crippen LogP contribution in [0.3, 0.4) is 0 Å². The van der Waals surface area contributed by atoms with E-state index in [0.717, 1.165) is 23.4 Å². The van der Waals surface area contributed by atoms with Gasteiger partial charge in [-0.2, -0.15) is 13.2 Å². The number of benzene rings is 2. The molecule has 0 saturated carbocycles. The molecule has 0 radical (unpaired) electrons. The summed E-state index contributed by atoms with van der Waals surface area (Å²) >= 11 is 0. The molecular formula is C23H21ClF3N3O2. The number of amides is 1. The third kappa shape index (κ3) is 5.13. The van der Waals surface area contributed by atoms with Gasteiger partial charge in [-0.15, -0.1) is 12.4 Å². The first-order chi connectivity index (χ1) is 14.8. The second kappa shape index (κ2) is 9.48. The van der Waals surface area contributed by atoms with Crippen LogP contribution in [0.25, 0.3) is 11.1 Å².